The number of phenols is 1. The summed E-state index contributed by atoms with van der Waals surface area (Å²) in [6, 6.07) is 20.1. The van der Waals surface area contributed by atoms with E-state index in [0.717, 1.165) is 58.4 Å². The first kappa shape index (κ1) is 24.9. The molecule has 1 aromatic heterocycles. The van der Waals surface area contributed by atoms with Crippen LogP contribution in [-0.2, 0) is 6.54 Å². The molecular formula is C30H38N4O. The number of nitrogens with zero attached hydrogens (tertiary/aromatic N) is 3. The van der Waals surface area contributed by atoms with E-state index in [1.54, 1.807) is 0 Å². The largest absolute Gasteiger partial charge is 0.508 e. The minimum Gasteiger partial charge on any atom is -0.508 e. The number of para-hydroxylation sites is 1. The Balaban J connectivity index is 0.000000179. The van der Waals surface area contributed by atoms with Crippen molar-refractivity contribution >= 4 is 27.5 Å². The number of anilines is 1. The van der Waals surface area contributed by atoms with E-state index in [0.29, 0.717) is 5.75 Å². The molecule has 0 amide bonds. The second-order valence-corrected chi connectivity index (χ2v) is 10.0. The normalized spacial score (nSPS) is 17.7. The van der Waals surface area contributed by atoms with Gasteiger partial charge in [0.05, 0.1) is 5.52 Å². The molecule has 2 N–H and O–H groups in total. The molecule has 1 aliphatic carbocycles. The summed E-state index contributed by atoms with van der Waals surface area (Å²) in [5.74, 6) is 3.90. The van der Waals surface area contributed by atoms with Crippen molar-refractivity contribution in [1.82, 2.24) is 15.3 Å². The quantitative estimate of drug-likeness (QED) is 0.350. The minimum absolute atomic E-state index is 0.401. The summed E-state index contributed by atoms with van der Waals surface area (Å²) < 4.78 is 0. The number of aromatic hydroxyl groups is 1. The maximum atomic E-state index is 10.1. The Morgan fingerprint density at radius 1 is 0.886 bits per heavy atom. The monoisotopic (exact) mass is 470 g/mol. The van der Waals surface area contributed by atoms with Crippen LogP contribution in [0.15, 0.2) is 60.7 Å². The predicted molar refractivity (Wildman–Crippen MR) is 147 cm³/mol. The fraction of sp³-hybridized carbons (Fsp3) is 0.400. The fourth-order valence-electron chi connectivity index (χ4n) is 4.96. The highest BCUT2D eigenvalue weighted by atomic mass is 16.3. The van der Waals surface area contributed by atoms with E-state index in [2.05, 4.69) is 34.3 Å². The molecule has 4 aromatic rings. The lowest BCUT2D eigenvalue weighted by Gasteiger charge is -2.26. The molecule has 5 heteroatoms. The Labute approximate surface area is 209 Å². The maximum Gasteiger partial charge on any atom is 0.139 e. The zero-order chi connectivity index (χ0) is 24.8. The van der Waals surface area contributed by atoms with E-state index >= 15 is 0 Å². The maximum absolute atomic E-state index is 10.1. The molecule has 1 fully saturated rings. The lowest BCUT2D eigenvalue weighted by Crippen LogP contribution is -2.25. The van der Waals surface area contributed by atoms with Crippen molar-refractivity contribution in [2.45, 2.75) is 46.1 Å². The molecule has 1 heterocycles. The third kappa shape index (κ3) is 6.29. The number of rotatable bonds is 5. The number of benzene rings is 3. The molecule has 0 spiro atoms. The summed E-state index contributed by atoms with van der Waals surface area (Å²) in [6.07, 6.45) is 5.42. The average Bonchev–Trinajstić information content (AvgIpc) is 2.86. The standard InChI is InChI=1S/C19H25NO.C11H13N3/c1-14-6-8-15(9-7-14)12-20-13-18-17-5-3-2-4-16(17)10-11-19(18)21;1-8-12-10-7-5-4-6-9(10)11(13-8)14(2)3/h2-5,10-11,14-15,20-21H,6-9,12-13H2,1H3;4-7H,1-3H3. The summed E-state index contributed by atoms with van der Waals surface area (Å²) in [6.45, 7) is 6.09. The van der Waals surface area contributed by atoms with Gasteiger partial charge in [0.1, 0.15) is 17.4 Å². The van der Waals surface area contributed by atoms with E-state index in [1.807, 2.05) is 74.4 Å². The van der Waals surface area contributed by atoms with Crippen LogP contribution in [0.5, 0.6) is 5.75 Å². The zero-order valence-electron chi connectivity index (χ0n) is 21.5. The van der Waals surface area contributed by atoms with Crippen molar-refractivity contribution in [2.24, 2.45) is 11.8 Å². The number of nitrogens with one attached hydrogen (secondary N) is 1. The zero-order valence-corrected chi connectivity index (χ0v) is 21.5. The van der Waals surface area contributed by atoms with E-state index in [9.17, 15) is 5.11 Å². The van der Waals surface area contributed by atoms with Gasteiger partial charge in [0.15, 0.2) is 0 Å². The highest BCUT2D eigenvalue weighted by Gasteiger charge is 2.18. The van der Waals surface area contributed by atoms with Gasteiger partial charge >= 0.3 is 0 Å². The molecule has 0 aliphatic heterocycles. The van der Waals surface area contributed by atoms with Crippen LogP contribution in [0, 0.1) is 18.8 Å². The van der Waals surface area contributed by atoms with Crippen molar-refractivity contribution in [2.75, 3.05) is 25.5 Å². The minimum atomic E-state index is 0.401. The molecule has 5 rings (SSSR count). The highest BCUT2D eigenvalue weighted by molar-refractivity contribution is 5.89. The van der Waals surface area contributed by atoms with Crippen LogP contribution in [0.3, 0.4) is 0 Å². The number of hydrogen-bond acceptors (Lipinski definition) is 5. The van der Waals surface area contributed by atoms with Crippen LogP contribution >= 0.6 is 0 Å². The second-order valence-electron chi connectivity index (χ2n) is 10.0. The van der Waals surface area contributed by atoms with Crippen LogP contribution in [0.2, 0.25) is 0 Å². The number of aryl methyl sites for hydroxylation is 1. The number of aromatic nitrogens is 2. The van der Waals surface area contributed by atoms with E-state index in [4.69, 9.17) is 0 Å². The molecule has 0 unspecified atom stereocenters. The Hall–Kier alpha value is -3.18. The van der Waals surface area contributed by atoms with Crippen molar-refractivity contribution < 1.29 is 5.11 Å². The Morgan fingerprint density at radius 2 is 1.57 bits per heavy atom. The van der Waals surface area contributed by atoms with E-state index in [1.165, 1.54) is 31.1 Å². The number of fused-ring (bicyclic) bond motifs is 2. The summed E-state index contributed by atoms with van der Waals surface area (Å²) in [5, 5.41) is 17.1. The van der Waals surface area contributed by atoms with Crippen LogP contribution < -0.4 is 10.2 Å². The molecule has 5 nitrogen and oxygen atoms in total. The summed E-state index contributed by atoms with van der Waals surface area (Å²) in [7, 11) is 3.99. The summed E-state index contributed by atoms with van der Waals surface area (Å²) in [5.41, 5.74) is 2.03. The molecule has 0 saturated heterocycles. The predicted octanol–water partition coefficient (Wildman–Crippen LogP) is 6.47. The SMILES string of the molecule is CC1CCC(CNCc2c(O)ccc3ccccc23)CC1.Cc1nc(N(C)C)c2ccccc2n1. The van der Waals surface area contributed by atoms with Gasteiger partial charge in [0.2, 0.25) is 0 Å². The van der Waals surface area contributed by atoms with Gasteiger partial charge in [-0.3, -0.25) is 0 Å². The number of hydrogen-bond donors (Lipinski definition) is 2. The van der Waals surface area contributed by atoms with E-state index in [-0.39, 0.29) is 0 Å². The van der Waals surface area contributed by atoms with Crippen LogP contribution in [-0.4, -0.2) is 35.7 Å². The van der Waals surface area contributed by atoms with Crippen molar-refractivity contribution in [3.63, 3.8) is 0 Å². The third-order valence-corrected chi connectivity index (χ3v) is 7.00. The van der Waals surface area contributed by atoms with Crippen molar-refractivity contribution in [3.05, 3.63) is 72.1 Å². The van der Waals surface area contributed by atoms with Gasteiger partial charge in [0.25, 0.3) is 0 Å². The average molecular weight is 471 g/mol. The molecule has 35 heavy (non-hydrogen) atoms. The number of phenolic OH excluding ortho intramolecular Hbond substituents is 1. The lowest BCUT2D eigenvalue weighted by molar-refractivity contribution is 0.281. The fourth-order valence-corrected chi connectivity index (χ4v) is 4.96. The first-order valence-corrected chi connectivity index (χ1v) is 12.7. The molecule has 1 aliphatic rings. The Bertz CT molecular complexity index is 1260. The molecule has 3 aromatic carbocycles. The smallest absolute Gasteiger partial charge is 0.139 e. The lowest BCUT2D eigenvalue weighted by atomic mass is 9.83. The van der Waals surface area contributed by atoms with Gasteiger partial charge in [-0.1, -0.05) is 62.2 Å². The van der Waals surface area contributed by atoms with Crippen molar-refractivity contribution in [3.8, 4) is 5.75 Å². The van der Waals surface area contributed by atoms with Crippen molar-refractivity contribution in [1.29, 1.82) is 0 Å². The highest BCUT2D eigenvalue weighted by Crippen LogP contribution is 2.29. The molecule has 1 saturated carbocycles. The van der Waals surface area contributed by atoms with Gasteiger partial charge in [-0.05, 0) is 67.1 Å². The second kappa shape index (κ2) is 11.5. The molecule has 184 valence electrons. The van der Waals surface area contributed by atoms with E-state index < -0.39 is 0 Å². The summed E-state index contributed by atoms with van der Waals surface area (Å²) >= 11 is 0. The molecular weight excluding hydrogens is 432 g/mol. The first-order chi connectivity index (χ1) is 16.9. The van der Waals surface area contributed by atoms with Gasteiger partial charge in [-0.15, -0.1) is 0 Å². The van der Waals surface area contributed by atoms with Crippen LogP contribution in [0.4, 0.5) is 5.82 Å². The summed E-state index contributed by atoms with van der Waals surface area (Å²) in [4.78, 5) is 10.8. The Kier molecular flexibility index (Phi) is 8.19. The molecule has 0 radical (unpaired) electrons. The third-order valence-electron chi connectivity index (χ3n) is 7.00. The topological polar surface area (TPSA) is 61.3 Å². The van der Waals surface area contributed by atoms with Crippen LogP contribution in [0.1, 0.15) is 44.0 Å². The van der Waals surface area contributed by atoms with Gasteiger partial charge < -0.3 is 15.3 Å². The van der Waals surface area contributed by atoms with Gasteiger partial charge in [0, 0.05) is 31.6 Å². The molecule has 0 atom stereocenters. The molecule has 0 bridgehead atoms. The van der Waals surface area contributed by atoms with Gasteiger partial charge in [-0.25, -0.2) is 9.97 Å². The Morgan fingerprint density at radius 3 is 2.31 bits per heavy atom. The first-order valence-electron chi connectivity index (χ1n) is 12.7. The van der Waals surface area contributed by atoms with Crippen LogP contribution in [0.25, 0.3) is 21.7 Å². The van der Waals surface area contributed by atoms with Gasteiger partial charge in [-0.2, -0.15) is 0 Å².